The number of hydrogen-bond acceptors (Lipinski definition) is 5. The van der Waals surface area contributed by atoms with Crippen molar-refractivity contribution in [3.63, 3.8) is 0 Å². The third kappa shape index (κ3) is 6.19. The van der Waals surface area contributed by atoms with E-state index >= 15 is 0 Å². The monoisotopic (exact) mass is 461 g/mol. The van der Waals surface area contributed by atoms with Crippen LogP contribution in [0, 0.1) is 5.92 Å². The first-order valence-electron chi connectivity index (χ1n) is 11.4. The minimum absolute atomic E-state index is 0.00305. The highest BCUT2D eigenvalue weighted by Gasteiger charge is 2.29. The molecule has 2 heterocycles. The molecular formula is C24H35N3O4S. The van der Waals surface area contributed by atoms with Gasteiger partial charge in [0.05, 0.1) is 36.8 Å². The molecule has 7 nitrogen and oxygen atoms in total. The molecule has 8 heteroatoms. The molecule has 1 aliphatic heterocycles. The second-order valence-electron chi connectivity index (χ2n) is 9.24. The molecule has 1 atom stereocenters. The SMILES string of the molecule is CC(C)CC(=O)N(Cc1cnc(S(=O)(=O)Cc2ccccc2)n1CC1CCCO1)C(C)C. The number of nitrogens with zero attached hydrogens (tertiary/aromatic N) is 3. The van der Waals surface area contributed by atoms with Crippen molar-refractivity contribution in [3.8, 4) is 0 Å². The van der Waals surface area contributed by atoms with Crippen molar-refractivity contribution >= 4 is 15.7 Å². The Morgan fingerprint density at radius 1 is 1.22 bits per heavy atom. The number of imidazole rings is 1. The highest BCUT2D eigenvalue weighted by atomic mass is 32.2. The zero-order valence-corrected chi connectivity index (χ0v) is 20.3. The van der Waals surface area contributed by atoms with Crippen molar-refractivity contribution in [3.05, 3.63) is 47.8 Å². The van der Waals surface area contributed by atoms with E-state index in [2.05, 4.69) is 4.98 Å². The van der Waals surface area contributed by atoms with Gasteiger partial charge in [0.25, 0.3) is 0 Å². The number of ether oxygens (including phenoxy) is 1. The first-order chi connectivity index (χ1) is 15.2. The van der Waals surface area contributed by atoms with E-state index in [0.717, 1.165) is 24.1 Å². The molecule has 3 rings (SSSR count). The Kier molecular flexibility index (Phi) is 8.11. The quantitative estimate of drug-likeness (QED) is 0.537. The van der Waals surface area contributed by atoms with Gasteiger partial charge in [0.1, 0.15) is 0 Å². The Balaban J connectivity index is 1.93. The van der Waals surface area contributed by atoms with Crippen LogP contribution in [-0.4, -0.2) is 47.5 Å². The van der Waals surface area contributed by atoms with Crippen molar-refractivity contribution in [2.45, 2.75) is 83.1 Å². The Hall–Kier alpha value is -2.19. The summed E-state index contributed by atoms with van der Waals surface area (Å²) in [5.74, 6) is 0.201. The highest BCUT2D eigenvalue weighted by Crippen LogP contribution is 2.23. The smallest absolute Gasteiger partial charge is 0.228 e. The number of sulfone groups is 1. The van der Waals surface area contributed by atoms with Crippen LogP contribution < -0.4 is 0 Å². The van der Waals surface area contributed by atoms with Crippen LogP contribution in [0.4, 0.5) is 0 Å². The highest BCUT2D eigenvalue weighted by molar-refractivity contribution is 7.90. The van der Waals surface area contributed by atoms with Gasteiger partial charge in [0, 0.05) is 19.1 Å². The van der Waals surface area contributed by atoms with E-state index in [1.54, 1.807) is 27.8 Å². The molecule has 2 aromatic rings. The first-order valence-corrected chi connectivity index (χ1v) is 13.0. The minimum atomic E-state index is -3.67. The number of aromatic nitrogens is 2. The Bertz CT molecular complexity index is 994. The molecule has 0 radical (unpaired) electrons. The van der Waals surface area contributed by atoms with Crippen molar-refractivity contribution < 1.29 is 17.9 Å². The van der Waals surface area contributed by atoms with Gasteiger partial charge in [0.15, 0.2) is 0 Å². The topological polar surface area (TPSA) is 81.5 Å². The van der Waals surface area contributed by atoms with Gasteiger partial charge in [-0.2, -0.15) is 0 Å². The van der Waals surface area contributed by atoms with Crippen LogP contribution >= 0.6 is 0 Å². The van der Waals surface area contributed by atoms with E-state index in [4.69, 9.17) is 4.74 Å². The number of benzene rings is 1. The van der Waals surface area contributed by atoms with Gasteiger partial charge < -0.3 is 14.2 Å². The predicted octanol–water partition coefficient (Wildman–Crippen LogP) is 3.82. The van der Waals surface area contributed by atoms with Gasteiger partial charge in [-0.3, -0.25) is 4.79 Å². The number of amides is 1. The van der Waals surface area contributed by atoms with Crippen LogP contribution in [0.3, 0.4) is 0 Å². The summed E-state index contributed by atoms with van der Waals surface area (Å²) in [6.07, 6.45) is 3.86. The molecule has 0 spiro atoms. The molecule has 1 amide bonds. The van der Waals surface area contributed by atoms with Crippen LogP contribution in [0.15, 0.2) is 41.7 Å². The molecule has 32 heavy (non-hydrogen) atoms. The van der Waals surface area contributed by atoms with E-state index in [1.807, 2.05) is 45.9 Å². The normalized spacial score (nSPS) is 16.8. The zero-order chi connectivity index (χ0) is 23.3. The van der Waals surface area contributed by atoms with Crippen LogP contribution in [-0.2, 0) is 38.2 Å². The molecule has 0 bridgehead atoms. The van der Waals surface area contributed by atoms with Crippen LogP contribution in [0.5, 0.6) is 0 Å². The summed E-state index contributed by atoms with van der Waals surface area (Å²) in [7, 11) is -3.67. The molecule has 1 aromatic carbocycles. The minimum Gasteiger partial charge on any atom is -0.376 e. The summed E-state index contributed by atoms with van der Waals surface area (Å²) in [6.45, 7) is 9.43. The first kappa shape index (κ1) is 24.5. The molecule has 0 N–H and O–H groups in total. The third-order valence-corrected chi connectivity index (χ3v) is 7.24. The van der Waals surface area contributed by atoms with E-state index in [1.165, 1.54) is 0 Å². The molecule has 0 aliphatic carbocycles. The van der Waals surface area contributed by atoms with E-state index in [9.17, 15) is 13.2 Å². The average molecular weight is 462 g/mol. The van der Waals surface area contributed by atoms with Gasteiger partial charge >= 0.3 is 0 Å². The molecule has 1 fully saturated rings. The maximum absolute atomic E-state index is 13.3. The van der Waals surface area contributed by atoms with Crippen molar-refractivity contribution in [2.24, 2.45) is 5.92 Å². The summed E-state index contributed by atoms with van der Waals surface area (Å²) < 4.78 is 34.2. The summed E-state index contributed by atoms with van der Waals surface area (Å²) in [5, 5.41) is 0.0480. The molecule has 0 saturated carbocycles. The van der Waals surface area contributed by atoms with Gasteiger partial charge in [-0.25, -0.2) is 13.4 Å². The van der Waals surface area contributed by atoms with Gasteiger partial charge in [-0.1, -0.05) is 44.2 Å². The lowest BCUT2D eigenvalue weighted by Crippen LogP contribution is -2.38. The zero-order valence-electron chi connectivity index (χ0n) is 19.5. The molecule has 1 aromatic heterocycles. The van der Waals surface area contributed by atoms with Crippen molar-refractivity contribution in [1.82, 2.24) is 14.5 Å². The average Bonchev–Trinajstić information content (AvgIpc) is 3.36. The lowest BCUT2D eigenvalue weighted by atomic mass is 10.1. The second-order valence-corrected chi connectivity index (χ2v) is 11.1. The molecule has 1 aliphatic rings. The van der Waals surface area contributed by atoms with Crippen LogP contribution in [0.2, 0.25) is 0 Å². The van der Waals surface area contributed by atoms with Gasteiger partial charge in [0.2, 0.25) is 20.9 Å². The fourth-order valence-electron chi connectivity index (χ4n) is 4.01. The lowest BCUT2D eigenvalue weighted by Gasteiger charge is -2.28. The van der Waals surface area contributed by atoms with E-state index in [-0.39, 0.29) is 34.9 Å². The number of carbonyl (C=O) groups is 1. The molecule has 1 unspecified atom stereocenters. The Morgan fingerprint density at radius 2 is 1.94 bits per heavy atom. The maximum atomic E-state index is 13.3. The Morgan fingerprint density at radius 3 is 2.53 bits per heavy atom. The second kappa shape index (κ2) is 10.6. The standard InChI is InChI=1S/C24H35N3O4S/c1-18(2)13-23(28)26(19(3)4)15-21-14-25-24(27(21)16-22-11-8-12-31-22)32(29,30)17-20-9-6-5-7-10-20/h5-7,9-10,14,18-19,22H,8,11-13,15-17H2,1-4H3. The lowest BCUT2D eigenvalue weighted by molar-refractivity contribution is -0.134. The molecule has 1 saturated heterocycles. The number of carbonyl (C=O) groups excluding carboxylic acids is 1. The van der Waals surface area contributed by atoms with Crippen molar-refractivity contribution in [2.75, 3.05) is 6.61 Å². The van der Waals surface area contributed by atoms with Crippen molar-refractivity contribution in [1.29, 1.82) is 0 Å². The van der Waals surface area contributed by atoms with Crippen LogP contribution in [0.1, 0.15) is 58.2 Å². The molecular weight excluding hydrogens is 426 g/mol. The predicted molar refractivity (Wildman–Crippen MR) is 124 cm³/mol. The summed E-state index contributed by atoms with van der Waals surface area (Å²) >= 11 is 0. The van der Waals surface area contributed by atoms with Gasteiger partial charge in [-0.05, 0) is 38.2 Å². The van der Waals surface area contributed by atoms with E-state index < -0.39 is 9.84 Å². The largest absolute Gasteiger partial charge is 0.376 e. The maximum Gasteiger partial charge on any atom is 0.228 e. The Labute approximate surface area is 191 Å². The number of hydrogen-bond donors (Lipinski definition) is 0. The van der Waals surface area contributed by atoms with E-state index in [0.29, 0.717) is 26.1 Å². The number of rotatable bonds is 10. The summed E-state index contributed by atoms with van der Waals surface area (Å²) in [4.78, 5) is 19.0. The summed E-state index contributed by atoms with van der Waals surface area (Å²) in [5.41, 5.74) is 1.44. The fourth-order valence-corrected chi connectivity index (χ4v) is 5.51. The molecule has 176 valence electrons. The van der Waals surface area contributed by atoms with Crippen LogP contribution in [0.25, 0.3) is 0 Å². The third-order valence-electron chi connectivity index (χ3n) is 5.65. The fraction of sp³-hybridized carbons (Fsp3) is 0.583. The van der Waals surface area contributed by atoms with Gasteiger partial charge in [-0.15, -0.1) is 0 Å². The summed E-state index contributed by atoms with van der Waals surface area (Å²) in [6, 6.07) is 9.12.